The van der Waals surface area contributed by atoms with Crippen molar-refractivity contribution in [3.8, 4) is 0 Å². The lowest BCUT2D eigenvalue weighted by atomic mass is 10.1. The molecule has 0 spiro atoms. The van der Waals surface area contributed by atoms with Gasteiger partial charge in [-0.2, -0.15) is 13.2 Å². The second-order valence-electron chi connectivity index (χ2n) is 4.78. The summed E-state index contributed by atoms with van der Waals surface area (Å²) in [6, 6.07) is 13.2. The molecule has 0 bridgehead atoms. The van der Waals surface area contributed by atoms with E-state index in [1.807, 2.05) is 31.2 Å². The van der Waals surface area contributed by atoms with Crippen molar-refractivity contribution < 1.29 is 13.2 Å². The molecule has 5 heteroatoms. The van der Waals surface area contributed by atoms with E-state index in [2.05, 4.69) is 21.2 Å². The van der Waals surface area contributed by atoms with Crippen LogP contribution in [-0.4, -0.2) is 0 Å². The summed E-state index contributed by atoms with van der Waals surface area (Å²) in [7, 11) is 0. The molecule has 0 unspecified atom stereocenters. The van der Waals surface area contributed by atoms with Crippen LogP contribution in [0.2, 0.25) is 0 Å². The standard InChI is InChI=1S/C16H15BrF3N/c1-11(13-7-3-5-9-15(13)17)21-10-12-6-2-4-8-14(12)16(18,19)20/h2-9,11,21H,10H2,1H3/t11-/m0/s1. The minimum atomic E-state index is -4.32. The fourth-order valence-electron chi connectivity index (χ4n) is 2.15. The van der Waals surface area contributed by atoms with Crippen LogP contribution in [0.1, 0.15) is 29.7 Å². The van der Waals surface area contributed by atoms with Gasteiger partial charge in [0.15, 0.2) is 0 Å². The first-order valence-corrected chi connectivity index (χ1v) is 7.32. The van der Waals surface area contributed by atoms with E-state index in [1.165, 1.54) is 12.1 Å². The van der Waals surface area contributed by atoms with Gasteiger partial charge in [0.25, 0.3) is 0 Å². The summed E-state index contributed by atoms with van der Waals surface area (Å²) in [6.07, 6.45) is -4.32. The van der Waals surface area contributed by atoms with Gasteiger partial charge in [0, 0.05) is 17.1 Å². The average molecular weight is 358 g/mol. The Labute approximate surface area is 130 Å². The van der Waals surface area contributed by atoms with Crippen molar-refractivity contribution in [3.05, 3.63) is 69.7 Å². The van der Waals surface area contributed by atoms with Crippen molar-refractivity contribution in [3.63, 3.8) is 0 Å². The van der Waals surface area contributed by atoms with E-state index in [0.717, 1.165) is 16.1 Å². The summed E-state index contributed by atoms with van der Waals surface area (Å²) in [5.74, 6) is 0. The molecule has 0 aliphatic rings. The van der Waals surface area contributed by atoms with Crippen molar-refractivity contribution in [2.24, 2.45) is 0 Å². The van der Waals surface area contributed by atoms with Gasteiger partial charge >= 0.3 is 6.18 Å². The second-order valence-corrected chi connectivity index (χ2v) is 5.63. The Balaban J connectivity index is 2.12. The van der Waals surface area contributed by atoms with E-state index in [0.29, 0.717) is 0 Å². The number of rotatable bonds is 4. The predicted molar refractivity (Wildman–Crippen MR) is 80.8 cm³/mol. The highest BCUT2D eigenvalue weighted by molar-refractivity contribution is 9.10. The van der Waals surface area contributed by atoms with Gasteiger partial charge in [-0.3, -0.25) is 0 Å². The SMILES string of the molecule is C[C@H](NCc1ccccc1C(F)(F)F)c1ccccc1Br. The van der Waals surface area contributed by atoms with Crippen LogP contribution in [0.25, 0.3) is 0 Å². The zero-order valence-corrected chi connectivity index (χ0v) is 13.0. The number of nitrogens with one attached hydrogen (secondary N) is 1. The van der Waals surface area contributed by atoms with Crippen molar-refractivity contribution in [2.45, 2.75) is 25.7 Å². The summed E-state index contributed by atoms with van der Waals surface area (Å²) in [5.41, 5.74) is 0.683. The molecule has 1 nitrogen and oxygen atoms in total. The average Bonchev–Trinajstić information content (AvgIpc) is 2.44. The highest BCUT2D eigenvalue weighted by Gasteiger charge is 2.32. The summed E-state index contributed by atoms with van der Waals surface area (Å²) < 4.78 is 39.7. The van der Waals surface area contributed by atoms with Crippen molar-refractivity contribution in [2.75, 3.05) is 0 Å². The van der Waals surface area contributed by atoms with Gasteiger partial charge in [0.05, 0.1) is 5.56 Å². The number of benzene rings is 2. The van der Waals surface area contributed by atoms with Crippen molar-refractivity contribution >= 4 is 15.9 Å². The van der Waals surface area contributed by atoms with Gasteiger partial charge in [-0.15, -0.1) is 0 Å². The van der Waals surface area contributed by atoms with Crippen LogP contribution >= 0.6 is 15.9 Å². The van der Waals surface area contributed by atoms with Gasteiger partial charge < -0.3 is 5.32 Å². The number of halogens is 4. The Morgan fingerprint density at radius 2 is 1.67 bits per heavy atom. The lowest BCUT2D eigenvalue weighted by Crippen LogP contribution is -2.21. The molecule has 0 heterocycles. The molecule has 0 saturated heterocycles. The van der Waals surface area contributed by atoms with Crippen LogP contribution in [-0.2, 0) is 12.7 Å². The Kier molecular flexibility index (Phi) is 5.06. The Morgan fingerprint density at radius 3 is 2.33 bits per heavy atom. The monoisotopic (exact) mass is 357 g/mol. The highest BCUT2D eigenvalue weighted by Crippen LogP contribution is 2.32. The summed E-state index contributed by atoms with van der Waals surface area (Å²) in [6.45, 7) is 2.09. The maximum atomic E-state index is 12.9. The highest BCUT2D eigenvalue weighted by atomic mass is 79.9. The van der Waals surface area contributed by atoms with E-state index >= 15 is 0 Å². The summed E-state index contributed by atoms with van der Waals surface area (Å²) >= 11 is 3.45. The van der Waals surface area contributed by atoms with Gasteiger partial charge in [-0.1, -0.05) is 52.3 Å². The molecule has 2 aromatic rings. The zero-order chi connectivity index (χ0) is 15.5. The molecule has 0 aliphatic heterocycles. The molecule has 0 amide bonds. The first-order valence-electron chi connectivity index (χ1n) is 6.52. The number of hydrogen-bond acceptors (Lipinski definition) is 1. The molecule has 0 saturated carbocycles. The molecular formula is C16H15BrF3N. The van der Waals surface area contributed by atoms with Crippen LogP contribution in [0, 0.1) is 0 Å². The lowest BCUT2D eigenvalue weighted by Gasteiger charge is -2.18. The largest absolute Gasteiger partial charge is 0.416 e. The first kappa shape index (κ1) is 16.0. The molecule has 0 aliphatic carbocycles. The topological polar surface area (TPSA) is 12.0 Å². The minimum Gasteiger partial charge on any atom is -0.306 e. The first-order chi connectivity index (χ1) is 9.89. The third-order valence-electron chi connectivity index (χ3n) is 3.29. The van der Waals surface area contributed by atoms with Gasteiger partial charge in [-0.25, -0.2) is 0 Å². The molecule has 1 atom stereocenters. The third kappa shape index (κ3) is 4.08. The van der Waals surface area contributed by atoms with E-state index in [9.17, 15) is 13.2 Å². The molecule has 0 aromatic heterocycles. The molecule has 21 heavy (non-hydrogen) atoms. The minimum absolute atomic E-state index is 0.0538. The normalized spacial score (nSPS) is 13.2. The van der Waals surface area contributed by atoms with E-state index < -0.39 is 11.7 Å². The van der Waals surface area contributed by atoms with E-state index in [4.69, 9.17) is 0 Å². The van der Waals surface area contributed by atoms with E-state index in [1.54, 1.807) is 6.07 Å². The third-order valence-corrected chi connectivity index (χ3v) is 4.02. The number of alkyl halides is 3. The molecular weight excluding hydrogens is 343 g/mol. The van der Waals surface area contributed by atoms with Crippen LogP contribution in [0.5, 0.6) is 0 Å². The van der Waals surface area contributed by atoms with Crippen LogP contribution in [0.3, 0.4) is 0 Å². The zero-order valence-electron chi connectivity index (χ0n) is 11.4. The fourth-order valence-corrected chi connectivity index (χ4v) is 2.78. The van der Waals surface area contributed by atoms with Crippen LogP contribution in [0.4, 0.5) is 13.2 Å². The molecule has 2 rings (SSSR count). The van der Waals surface area contributed by atoms with Crippen molar-refractivity contribution in [1.82, 2.24) is 5.32 Å². The maximum Gasteiger partial charge on any atom is 0.416 e. The smallest absolute Gasteiger partial charge is 0.306 e. The summed E-state index contributed by atoms with van der Waals surface area (Å²) in [5, 5.41) is 3.14. The molecule has 0 fully saturated rings. The predicted octanol–water partition coefficient (Wildman–Crippen LogP) is 5.32. The van der Waals surface area contributed by atoms with Gasteiger partial charge in [0.1, 0.15) is 0 Å². The van der Waals surface area contributed by atoms with Crippen LogP contribution in [0.15, 0.2) is 53.0 Å². The molecule has 2 aromatic carbocycles. The Hall–Kier alpha value is -1.33. The maximum absolute atomic E-state index is 12.9. The van der Waals surface area contributed by atoms with Crippen molar-refractivity contribution in [1.29, 1.82) is 0 Å². The van der Waals surface area contributed by atoms with E-state index in [-0.39, 0.29) is 18.2 Å². The van der Waals surface area contributed by atoms with Gasteiger partial charge in [-0.05, 0) is 30.2 Å². The second kappa shape index (κ2) is 6.62. The quantitative estimate of drug-likeness (QED) is 0.780. The van der Waals surface area contributed by atoms with Crippen LogP contribution < -0.4 is 5.32 Å². The Morgan fingerprint density at radius 1 is 1.05 bits per heavy atom. The van der Waals surface area contributed by atoms with Gasteiger partial charge in [0.2, 0.25) is 0 Å². The Bertz CT molecular complexity index is 610. The lowest BCUT2D eigenvalue weighted by molar-refractivity contribution is -0.138. The number of hydrogen-bond donors (Lipinski definition) is 1. The fraction of sp³-hybridized carbons (Fsp3) is 0.250. The molecule has 112 valence electrons. The molecule has 1 N–H and O–H groups in total. The summed E-state index contributed by atoms with van der Waals surface area (Å²) in [4.78, 5) is 0. The molecule has 0 radical (unpaired) electrons.